The highest BCUT2D eigenvalue weighted by atomic mass is 35.5. The summed E-state index contributed by atoms with van der Waals surface area (Å²) in [6.45, 7) is 3.21. The number of hydrogen-bond acceptors (Lipinski definition) is 6. The summed E-state index contributed by atoms with van der Waals surface area (Å²) in [4.78, 5) is 45.1. The third-order valence-corrected chi connectivity index (χ3v) is 8.24. The molecule has 2 N–H and O–H groups in total. The van der Waals surface area contributed by atoms with Crippen molar-refractivity contribution in [2.75, 3.05) is 72.0 Å². The maximum absolute atomic E-state index is 13.7. The largest absolute Gasteiger partial charge is 0.379 e. The van der Waals surface area contributed by atoms with Crippen molar-refractivity contribution in [1.82, 2.24) is 14.7 Å². The molecule has 0 spiro atoms. The van der Waals surface area contributed by atoms with Crippen molar-refractivity contribution in [1.29, 1.82) is 0 Å². The van der Waals surface area contributed by atoms with E-state index in [2.05, 4.69) is 4.90 Å². The van der Waals surface area contributed by atoms with Gasteiger partial charge in [0.25, 0.3) is 5.91 Å². The third kappa shape index (κ3) is 8.48. The quantitative estimate of drug-likeness (QED) is 0.343. The molecule has 0 aromatic heterocycles. The van der Waals surface area contributed by atoms with E-state index in [9.17, 15) is 14.4 Å². The fraction of sp³-hybridized carbons (Fsp3) is 0.344. The van der Waals surface area contributed by atoms with Crippen LogP contribution in [0.4, 0.5) is 5.69 Å². The monoisotopic (exact) mass is 625 g/mol. The Bertz CT molecular complexity index is 1430. The zero-order chi connectivity index (χ0) is 31.1. The summed E-state index contributed by atoms with van der Waals surface area (Å²) in [6.07, 6.45) is 0. The lowest BCUT2D eigenvalue weighted by molar-refractivity contribution is -0.131. The maximum atomic E-state index is 13.7. The first-order valence-corrected chi connectivity index (χ1v) is 14.7. The summed E-state index contributed by atoms with van der Waals surface area (Å²) in [5, 5.41) is 0.693. The van der Waals surface area contributed by atoms with Gasteiger partial charge in [-0.2, -0.15) is 0 Å². The second kappa shape index (κ2) is 14.7. The molecular weight excluding hydrogens is 589 g/mol. The van der Waals surface area contributed by atoms with E-state index in [0.29, 0.717) is 41.1 Å². The first-order chi connectivity index (χ1) is 20.5. The van der Waals surface area contributed by atoms with Gasteiger partial charge in [0, 0.05) is 52.0 Å². The molecule has 228 valence electrons. The van der Waals surface area contributed by atoms with Gasteiger partial charge in [-0.3, -0.25) is 19.3 Å². The molecule has 1 unspecified atom stereocenters. The fourth-order valence-electron chi connectivity index (χ4n) is 5.00. The van der Waals surface area contributed by atoms with Gasteiger partial charge < -0.3 is 25.2 Å². The molecule has 3 aromatic rings. The summed E-state index contributed by atoms with van der Waals surface area (Å²) >= 11 is 12.3. The van der Waals surface area contributed by atoms with E-state index in [4.69, 9.17) is 33.7 Å². The third-order valence-electron chi connectivity index (χ3n) is 7.50. The van der Waals surface area contributed by atoms with Gasteiger partial charge in [-0.15, -0.1) is 0 Å². The molecule has 3 aromatic carbocycles. The molecule has 4 rings (SSSR count). The maximum Gasteiger partial charge on any atom is 0.253 e. The number of carbonyl (C=O) groups excluding carboxylic acids is 3. The lowest BCUT2D eigenvalue weighted by Crippen LogP contribution is -2.47. The topological polar surface area (TPSA) is 99.4 Å². The van der Waals surface area contributed by atoms with Crippen LogP contribution in [0.5, 0.6) is 0 Å². The van der Waals surface area contributed by atoms with Crippen molar-refractivity contribution < 1.29 is 19.1 Å². The number of amides is 3. The summed E-state index contributed by atoms with van der Waals surface area (Å²) in [5.41, 5.74) is 9.68. The van der Waals surface area contributed by atoms with Crippen LogP contribution in [0.1, 0.15) is 22.0 Å². The van der Waals surface area contributed by atoms with Crippen molar-refractivity contribution in [3.63, 3.8) is 0 Å². The second-order valence-corrected chi connectivity index (χ2v) is 11.6. The Morgan fingerprint density at radius 1 is 0.860 bits per heavy atom. The average molecular weight is 627 g/mol. The van der Waals surface area contributed by atoms with Crippen molar-refractivity contribution in [2.24, 2.45) is 5.73 Å². The van der Waals surface area contributed by atoms with E-state index >= 15 is 0 Å². The molecule has 1 fully saturated rings. The van der Waals surface area contributed by atoms with E-state index < -0.39 is 5.91 Å². The molecule has 0 bridgehead atoms. The number of carbonyl (C=O) groups is 3. The Morgan fingerprint density at radius 3 is 2.02 bits per heavy atom. The summed E-state index contributed by atoms with van der Waals surface area (Å²) < 4.78 is 5.54. The van der Waals surface area contributed by atoms with Crippen molar-refractivity contribution in [3.05, 3.63) is 87.9 Å². The van der Waals surface area contributed by atoms with Gasteiger partial charge in [0.2, 0.25) is 11.8 Å². The molecule has 1 aliphatic heterocycles. The molecule has 0 radical (unpaired) electrons. The molecule has 43 heavy (non-hydrogen) atoms. The fourth-order valence-corrected chi connectivity index (χ4v) is 5.29. The number of nitrogens with two attached hydrogens (primary N) is 1. The zero-order valence-corrected chi connectivity index (χ0v) is 26.1. The minimum atomic E-state index is -0.568. The normalized spacial score (nSPS) is 14.2. The van der Waals surface area contributed by atoms with Gasteiger partial charge in [0.05, 0.1) is 42.4 Å². The number of rotatable bonds is 11. The van der Waals surface area contributed by atoms with Crippen LogP contribution in [0.15, 0.2) is 66.7 Å². The van der Waals surface area contributed by atoms with E-state index in [-0.39, 0.29) is 30.9 Å². The van der Waals surface area contributed by atoms with Gasteiger partial charge >= 0.3 is 0 Å². The Morgan fingerprint density at radius 2 is 1.47 bits per heavy atom. The van der Waals surface area contributed by atoms with Crippen LogP contribution in [0.3, 0.4) is 0 Å². The molecule has 9 nitrogen and oxygen atoms in total. The van der Waals surface area contributed by atoms with Crippen LogP contribution < -0.4 is 10.6 Å². The molecule has 1 aliphatic rings. The lowest BCUT2D eigenvalue weighted by Gasteiger charge is -2.36. The number of morpholine rings is 1. The lowest BCUT2D eigenvalue weighted by atomic mass is 9.98. The number of anilines is 1. The van der Waals surface area contributed by atoms with Crippen LogP contribution >= 0.6 is 23.2 Å². The highest BCUT2D eigenvalue weighted by Crippen LogP contribution is 2.29. The predicted octanol–water partition coefficient (Wildman–Crippen LogP) is 4.19. The summed E-state index contributed by atoms with van der Waals surface area (Å²) in [7, 11) is 5.23. The molecule has 1 saturated heterocycles. The SMILES string of the molecule is CN(C)C(=O)c1ccc(-c2ccc(C(CN3CCOCC3)N(C)C(=O)CN(CC(N)=O)c3ccc(Cl)c(Cl)c3)cc2)cc1. The molecule has 0 aliphatic carbocycles. The number of nitrogens with zero attached hydrogens (tertiary/aromatic N) is 4. The molecule has 0 saturated carbocycles. The Hall–Kier alpha value is -3.63. The average Bonchev–Trinajstić information content (AvgIpc) is 3.00. The molecular formula is C32H37Cl2N5O4. The number of likely N-dealkylation sites (N-methyl/N-ethyl adjacent to an activating group) is 1. The Kier molecular flexibility index (Phi) is 11.0. The van der Waals surface area contributed by atoms with Gasteiger partial charge in [-0.1, -0.05) is 59.6 Å². The number of benzene rings is 3. The first-order valence-electron chi connectivity index (χ1n) is 14.0. The van der Waals surface area contributed by atoms with E-state index in [1.807, 2.05) is 48.5 Å². The highest BCUT2D eigenvalue weighted by molar-refractivity contribution is 6.42. The summed E-state index contributed by atoms with van der Waals surface area (Å²) in [5.74, 6) is -0.800. The molecule has 1 heterocycles. The van der Waals surface area contributed by atoms with Crippen LogP contribution in [0.2, 0.25) is 10.0 Å². The Labute approximate surface area is 262 Å². The van der Waals surface area contributed by atoms with E-state index in [1.165, 1.54) is 0 Å². The standard InChI is InChI=1S/C32H37Cl2N5O4/c1-36(2)32(42)25-10-6-23(7-11-25)22-4-8-24(9-5-22)29(19-38-14-16-43-17-15-38)37(3)31(41)21-39(20-30(35)40)26-12-13-27(33)28(34)18-26/h4-13,18,29H,14-17,19-21H2,1-3H3,(H2,35,40). The predicted molar refractivity (Wildman–Crippen MR) is 171 cm³/mol. The van der Waals surface area contributed by atoms with Gasteiger partial charge in [0.15, 0.2) is 0 Å². The van der Waals surface area contributed by atoms with Gasteiger partial charge in [-0.25, -0.2) is 0 Å². The Balaban J connectivity index is 1.57. The summed E-state index contributed by atoms with van der Waals surface area (Å²) in [6, 6.07) is 20.3. The smallest absolute Gasteiger partial charge is 0.253 e. The zero-order valence-electron chi connectivity index (χ0n) is 24.6. The number of halogens is 2. The van der Waals surface area contributed by atoms with E-state index in [0.717, 1.165) is 29.8 Å². The van der Waals surface area contributed by atoms with Crippen LogP contribution in [-0.2, 0) is 14.3 Å². The van der Waals surface area contributed by atoms with Crippen molar-refractivity contribution in [2.45, 2.75) is 6.04 Å². The van der Waals surface area contributed by atoms with Gasteiger partial charge in [0.1, 0.15) is 0 Å². The first kappa shape index (κ1) is 32.3. The molecule has 3 amide bonds. The molecule has 1 atom stereocenters. The second-order valence-electron chi connectivity index (χ2n) is 10.8. The minimum absolute atomic E-state index is 0.0471. The number of ether oxygens (including phenoxy) is 1. The van der Waals surface area contributed by atoms with E-state index in [1.54, 1.807) is 54.0 Å². The van der Waals surface area contributed by atoms with Gasteiger partial charge in [-0.05, 0) is 47.0 Å². The van der Waals surface area contributed by atoms with Crippen LogP contribution in [-0.4, -0.2) is 99.5 Å². The van der Waals surface area contributed by atoms with Crippen LogP contribution in [0.25, 0.3) is 11.1 Å². The van der Waals surface area contributed by atoms with Crippen molar-refractivity contribution in [3.8, 4) is 11.1 Å². The van der Waals surface area contributed by atoms with Crippen LogP contribution in [0, 0.1) is 0 Å². The van der Waals surface area contributed by atoms with Crippen molar-refractivity contribution >= 4 is 46.6 Å². The molecule has 11 heteroatoms. The number of primary amides is 1. The highest BCUT2D eigenvalue weighted by Gasteiger charge is 2.27. The number of hydrogen-bond donors (Lipinski definition) is 1. The minimum Gasteiger partial charge on any atom is -0.379 e.